The predicted octanol–water partition coefficient (Wildman–Crippen LogP) is 2.92. The van der Waals surface area contributed by atoms with Crippen LogP contribution in [0.2, 0.25) is 0 Å². The molecule has 0 saturated heterocycles. The fraction of sp³-hybridized carbons (Fsp3) is 0.647. The first-order valence-electron chi connectivity index (χ1n) is 7.82. The molecule has 1 aliphatic carbocycles. The summed E-state index contributed by atoms with van der Waals surface area (Å²) in [5, 5.41) is 0. The Balaban J connectivity index is 2.04. The second-order valence-electron chi connectivity index (χ2n) is 5.71. The van der Waals surface area contributed by atoms with Gasteiger partial charge in [0.2, 0.25) is 0 Å². The molecule has 1 fully saturated rings. The third-order valence-corrected chi connectivity index (χ3v) is 4.57. The summed E-state index contributed by atoms with van der Waals surface area (Å²) >= 11 is 0. The van der Waals surface area contributed by atoms with Gasteiger partial charge in [-0.15, -0.1) is 0 Å². The average Bonchev–Trinajstić information content (AvgIpc) is 2.53. The maximum atomic E-state index is 5.85. The monoisotopic (exact) mass is 276 g/mol. The van der Waals surface area contributed by atoms with Crippen molar-refractivity contribution < 1.29 is 4.74 Å². The van der Waals surface area contributed by atoms with Crippen LogP contribution in [0.3, 0.4) is 0 Å². The third kappa shape index (κ3) is 3.81. The van der Waals surface area contributed by atoms with Gasteiger partial charge in [0.25, 0.3) is 0 Å². The number of nitrogens with two attached hydrogens (primary N) is 1. The van der Waals surface area contributed by atoms with Crippen molar-refractivity contribution in [2.24, 2.45) is 5.73 Å². The second kappa shape index (κ2) is 7.77. The SMILES string of the molecule is CCN(Cc1ccccc1CN)C1CCCC(OC)C1. The first kappa shape index (κ1) is 15.5. The molecule has 1 aromatic rings. The summed E-state index contributed by atoms with van der Waals surface area (Å²) < 4.78 is 5.56. The van der Waals surface area contributed by atoms with Crippen LogP contribution in [-0.4, -0.2) is 30.7 Å². The van der Waals surface area contributed by atoms with Gasteiger partial charge in [0.1, 0.15) is 0 Å². The van der Waals surface area contributed by atoms with Gasteiger partial charge in [-0.3, -0.25) is 4.90 Å². The minimum Gasteiger partial charge on any atom is -0.381 e. The summed E-state index contributed by atoms with van der Waals surface area (Å²) in [5.41, 5.74) is 8.49. The van der Waals surface area contributed by atoms with E-state index in [2.05, 4.69) is 36.1 Å². The molecule has 0 bridgehead atoms. The van der Waals surface area contributed by atoms with Gasteiger partial charge in [-0.2, -0.15) is 0 Å². The maximum Gasteiger partial charge on any atom is 0.0586 e. The zero-order chi connectivity index (χ0) is 14.4. The summed E-state index contributed by atoms with van der Waals surface area (Å²) in [6.07, 6.45) is 5.38. The normalized spacial score (nSPS) is 23.2. The van der Waals surface area contributed by atoms with E-state index in [1.54, 1.807) is 0 Å². The van der Waals surface area contributed by atoms with Gasteiger partial charge < -0.3 is 10.5 Å². The first-order chi connectivity index (χ1) is 9.78. The van der Waals surface area contributed by atoms with Crippen LogP contribution < -0.4 is 5.73 Å². The van der Waals surface area contributed by atoms with E-state index in [4.69, 9.17) is 10.5 Å². The number of methoxy groups -OCH3 is 1. The van der Waals surface area contributed by atoms with Gasteiger partial charge in [-0.05, 0) is 43.4 Å². The number of nitrogens with zero attached hydrogens (tertiary/aromatic N) is 1. The van der Waals surface area contributed by atoms with Crippen LogP contribution in [0.5, 0.6) is 0 Å². The molecule has 0 aliphatic heterocycles. The number of hydrogen-bond acceptors (Lipinski definition) is 3. The fourth-order valence-electron chi connectivity index (χ4n) is 3.29. The van der Waals surface area contributed by atoms with Gasteiger partial charge in [-0.1, -0.05) is 31.2 Å². The molecule has 2 rings (SSSR count). The topological polar surface area (TPSA) is 38.5 Å². The Labute approximate surface area is 123 Å². The van der Waals surface area contributed by atoms with Crippen LogP contribution in [0, 0.1) is 0 Å². The maximum absolute atomic E-state index is 5.85. The fourth-order valence-corrected chi connectivity index (χ4v) is 3.29. The average molecular weight is 276 g/mol. The van der Waals surface area contributed by atoms with Crippen LogP contribution in [0.4, 0.5) is 0 Å². The Kier molecular flexibility index (Phi) is 6.02. The van der Waals surface area contributed by atoms with Crippen LogP contribution in [0.25, 0.3) is 0 Å². The van der Waals surface area contributed by atoms with Crippen molar-refractivity contribution in [1.82, 2.24) is 4.90 Å². The summed E-state index contributed by atoms with van der Waals surface area (Å²) in [5.74, 6) is 0. The first-order valence-corrected chi connectivity index (χ1v) is 7.82. The summed E-state index contributed by atoms with van der Waals surface area (Å²) in [4.78, 5) is 2.58. The van der Waals surface area contributed by atoms with Gasteiger partial charge >= 0.3 is 0 Å². The number of hydrogen-bond donors (Lipinski definition) is 1. The molecule has 112 valence electrons. The largest absolute Gasteiger partial charge is 0.381 e. The Morgan fingerprint density at radius 2 is 2.00 bits per heavy atom. The molecule has 0 amide bonds. The molecule has 0 spiro atoms. The lowest BCUT2D eigenvalue weighted by atomic mass is 9.91. The zero-order valence-corrected chi connectivity index (χ0v) is 12.8. The molecule has 0 aromatic heterocycles. The van der Waals surface area contributed by atoms with E-state index in [0.717, 1.165) is 19.5 Å². The summed E-state index contributed by atoms with van der Waals surface area (Å²) in [7, 11) is 1.84. The van der Waals surface area contributed by atoms with Crippen molar-refractivity contribution in [3.8, 4) is 0 Å². The van der Waals surface area contributed by atoms with E-state index < -0.39 is 0 Å². The van der Waals surface area contributed by atoms with Gasteiger partial charge in [0.05, 0.1) is 6.10 Å². The van der Waals surface area contributed by atoms with Crippen molar-refractivity contribution >= 4 is 0 Å². The predicted molar refractivity (Wildman–Crippen MR) is 83.5 cm³/mol. The highest BCUT2D eigenvalue weighted by Gasteiger charge is 2.26. The van der Waals surface area contributed by atoms with Crippen molar-refractivity contribution in [3.63, 3.8) is 0 Å². The smallest absolute Gasteiger partial charge is 0.0586 e. The van der Waals surface area contributed by atoms with Gasteiger partial charge in [0.15, 0.2) is 0 Å². The molecule has 3 nitrogen and oxygen atoms in total. The van der Waals surface area contributed by atoms with Crippen molar-refractivity contribution in [2.45, 2.75) is 57.8 Å². The Morgan fingerprint density at radius 1 is 1.25 bits per heavy atom. The minimum atomic E-state index is 0.438. The second-order valence-corrected chi connectivity index (χ2v) is 5.71. The summed E-state index contributed by atoms with van der Waals surface area (Å²) in [6.45, 7) is 4.96. The molecule has 2 unspecified atom stereocenters. The molecule has 1 saturated carbocycles. The van der Waals surface area contributed by atoms with Gasteiger partial charge in [-0.25, -0.2) is 0 Å². The molecule has 20 heavy (non-hydrogen) atoms. The van der Waals surface area contributed by atoms with Crippen molar-refractivity contribution in [2.75, 3.05) is 13.7 Å². The van der Waals surface area contributed by atoms with Crippen LogP contribution in [0.1, 0.15) is 43.7 Å². The lowest BCUT2D eigenvalue weighted by Gasteiger charge is -2.37. The standard InChI is InChI=1S/C17H28N2O/c1-3-19(16-9-6-10-17(11-16)20-2)13-15-8-5-4-7-14(15)12-18/h4-5,7-8,16-17H,3,6,9-13,18H2,1-2H3. The lowest BCUT2D eigenvalue weighted by Crippen LogP contribution is -2.40. The molecule has 1 aliphatic rings. The highest BCUT2D eigenvalue weighted by molar-refractivity contribution is 5.26. The lowest BCUT2D eigenvalue weighted by molar-refractivity contribution is 0.0269. The molecule has 1 aromatic carbocycles. The van der Waals surface area contributed by atoms with Crippen molar-refractivity contribution in [1.29, 1.82) is 0 Å². The van der Waals surface area contributed by atoms with E-state index in [0.29, 0.717) is 18.7 Å². The molecular weight excluding hydrogens is 248 g/mol. The highest BCUT2D eigenvalue weighted by Crippen LogP contribution is 2.26. The van der Waals surface area contributed by atoms with E-state index >= 15 is 0 Å². The Morgan fingerprint density at radius 3 is 2.65 bits per heavy atom. The molecule has 3 heteroatoms. The van der Waals surface area contributed by atoms with Gasteiger partial charge in [0, 0.05) is 26.2 Å². The molecule has 0 heterocycles. The van der Waals surface area contributed by atoms with E-state index in [1.165, 1.54) is 30.4 Å². The van der Waals surface area contributed by atoms with Crippen LogP contribution >= 0.6 is 0 Å². The Bertz CT molecular complexity index is 408. The molecule has 2 N–H and O–H groups in total. The molecule has 0 radical (unpaired) electrons. The Hall–Kier alpha value is -0.900. The number of ether oxygens (including phenoxy) is 1. The van der Waals surface area contributed by atoms with Crippen LogP contribution in [-0.2, 0) is 17.8 Å². The van der Waals surface area contributed by atoms with Crippen molar-refractivity contribution in [3.05, 3.63) is 35.4 Å². The zero-order valence-electron chi connectivity index (χ0n) is 12.8. The highest BCUT2D eigenvalue weighted by atomic mass is 16.5. The van der Waals surface area contributed by atoms with E-state index in [1.807, 2.05) is 7.11 Å². The minimum absolute atomic E-state index is 0.438. The summed E-state index contributed by atoms with van der Waals surface area (Å²) in [6, 6.07) is 9.18. The quantitative estimate of drug-likeness (QED) is 0.868. The van der Waals surface area contributed by atoms with E-state index in [-0.39, 0.29) is 0 Å². The third-order valence-electron chi connectivity index (χ3n) is 4.57. The molecular formula is C17H28N2O. The van der Waals surface area contributed by atoms with Crippen LogP contribution in [0.15, 0.2) is 24.3 Å². The number of benzene rings is 1. The van der Waals surface area contributed by atoms with E-state index in [9.17, 15) is 0 Å². The number of rotatable bonds is 6. The molecule has 2 atom stereocenters.